The Labute approximate surface area is 138 Å². The Bertz CT molecular complexity index is 766. The first-order valence-electron chi connectivity index (χ1n) is 6.28. The third-order valence-corrected chi connectivity index (χ3v) is 3.26. The minimum absolute atomic E-state index is 0.0834. The number of nitrogens with one attached hydrogen (secondary N) is 2. The van der Waals surface area contributed by atoms with Crippen LogP contribution in [0.4, 0.5) is 11.4 Å². The summed E-state index contributed by atoms with van der Waals surface area (Å²) in [5.74, 6) is -0.538. The van der Waals surface area contributed by atoms with Crippen LogP contribution in [0.5, 0.6) is 0 Å². The third-order valence-electron chi connectivity index (χ3n) is 2.69. The van der Waals surface area contributed by atoms with Crippen LogP contribution in [0.2, 0.25) is 10.0 Å². The topological polar surface area (TPSA) is 64.9 Å². The molecule has 0 unspecified atom stereocenters. The number of rotatable bonds is 4. The van der Waals surface area contributed by atoms with Crippen molar-refractivity contribution in [3.8, 4) is 6.07 Å². The summed E-state index contributed by atoms with van der Waals surface area (Å²) in [6, 6.07) is 15.5. The Morgan fingerprint density at radius 1 is 1.14 bits per heavy atom. The highest BCUT2D eigenvalue weighted by Crippen LogP contribution is 2.21. The zero-order valence-electron chi connectivity index (χ0n) is 11.3. The van der Waals surface area contributed by atoms with E-state index in [1.165, 1.54) is 6.20 Å². The fourth-order valence-electron chi connectivity index (χ4n) is 1.64. The highest BCUT2D eigenvalue weighted by Gasteiger charge is 2.09. The van der Waals surface area contributed by atoms with Crippen LogP contribution < -0.4 is 10.6 Å². The van der Waals surface area contributed by atoms with E-state index in [0.29, 0.717) is 21.4 Å². The van der Waals surface area contributed by atoms with E-state index in [1.54, 1.807) is 48.5 Å². The lowest BCUT2D eigenvalue weighted by atomic mass is 10.2. The van der Waals surface area contributed by atoms with Gasteiger partial charge in [-0.1, -0.05) is 41.4 Å². The molecule has 0 fully saturated rings. The summed E-state index contributed by atoms with van der Waals surface area (Å²) in [6.45, 7) is 0. The van der Waals surface area contributed by atoms with E-state index in [0.717, 1.165) is 0 Å². The van der Waals surface area contributed by atoms with Gasteiger partial charge >= 0.3 is 0 Å². The Morgan fingerprint density at radius 3 is 2.59 bits per heavy atom. The number of carbonyl (C=O) groups is 1. The van der Waals surface area contributed by atoms with Gasteiger partial charge in [0.05, 0.1) is 10.7 Å². The summed E-state index contributed by atoms with van der Waals surface area (Å²) in [7, 11) is 0. The van der Waals surface area contributed by atoms with E-state index in [2.05, 4.69) is 10.6 Å². The first kappa shape index (κ1) is 15.9. The van der Waals surface area contributed by atoms with Crippen molar-refractivity contribution in [3.05, 3.63) is 70.3 Å². The molecular formula is C16H11Cl2N3O. The molecule has 0 spiro atoms. The maximum Gasteiger partial charge on any atom is 0.267 e. The smallest absolute Gasteiger partial charge is 0.267 e. The van der Waals surface area contributed by atoms with Crippen molar-refractivity contribution < 1.29 is 4.79 Å². The van der Waals surface area contributed by atoms with Crippen LogP contribution in [0.3, 0.4) is 0 Å². The molecule has 0 aliphatic rings. The molecule has 0 saturated carbocycles. The monoisotopic (exact) mass is 331 g/mol. The number of benzene rings is 2. The van der Waals surface area contributed by atoms with Gasteiger partial charge in [-0.15, -0.1) is 0 Å². The van der Waals surface area contributed by atoms with Gasteiger partial charge in [-0.2, -0.15) is 5.26 Å². The Hall–Kier alpha value is -2.48. The third kappa shape index (κ3) is 4.26. The molecule has 0 bridgehead atoms. The molecule has 22 heavy (non-hydrogen) atoms. The van der Waals surface area contributed by atoms with Crippen molar-refractivity contribution in [2.75, 3.05) is 10.6 Å². The molecule has 0 radical (unpaired) electrons. The molecule has 2 aromatic carbocycles. The van der Waals surface area contributed by atoms with Gasteiger partial charge in [0.2, 0.25) is 0 Å². The van der Waals surface area contributed by atoms with Crippen LogP contribution in [0.15, 0.2) is 60.3 Å². The Balaban J connectivity index is 2.11. The van der Waals surface area contributed by atoms with Crippen LogP contribution in [0, 0.1) is 11.3 Å². The van der Waals surface area contributed by atoms with Crippen molar-refractivity contribution in [2.24, 2.45) is 0 Å². The van der Waals surface area contributed by atoms with Crippen LogP contribution in [-0.2, 0) is 4.79 Å². The van der Waals surface area contributed by atoms with Gasteiger partial charge in [-0.25, -0.2) is 0 Å². The lowest BCUT2D eigenvalue weighted by Gasteiger charge is -2.06. The number of anilines is 2. The number of nitrogens with zero attached hydrogens (tertiary/aromatic N) is 1. The van der Waals surface area contributed by atoms with Crippen LogP contribution in [0.1, 0.15) is 0 Å². The number of amides is 1. The number of halogens is 2. The van der Waals surface area contributed by atoms with Crippen LogP contribution in [0.25, 0.3) is 0 Å². The average molecular weight is 332 g/mol. The van der Waals surface area contributed by atoms with Gasteiger partial charge in [0.1, 0.15) is 11.6 Å². The van der Waals surface area contributed by atoms with Gasteiger partial charge in [0.15, 0.2) is 0 Å². The van der Waals surface area contributed by atoms with Gasteiger partial charge in [0, 0.05) is 16.9 Å². The number of carbonyl (C=O) groups excluding carboxylic acids is 1. The summed E-state index contributed by atoms with van der Waals surface area (Å²) in [5, 5.41) is 15.5. The van der Waals surface area contributed by atoms with Crippen LogP contribution >= 0.6 is 23.2 Å². The van der Waals surface area contributed by atoms with E-state index in [-0.39, 0.29) is 5.57 Å². The highest BCUT2D eigenvalue weighted by molar-refractivity contribution is 6.33. The predicted octanol–water partition coefficient (Wildman–Crippen LogP) is 4.45. The lowest BCUT2D eigenvalue weighted by Crippen LogP contribution is -2.14. The second kappa shape index (κ2) is 7.51. The fraction of sp³-hybridized carbons (Fsp3) is 0. The van der Waals surface area contributed by atoms with Gasteiger partial charge < -0.3 is 10.6 Å². The summed E-state index contributed by atoms with van der Waals surface area (Å²) >= 11 is 11.8. The summed E-state index contributed by atoms with van der Waals surface area (Å²) < 4.78 is 0. The molecular weight excluding hydrogens is 321 g/mol. The molecule has 0 aromatic heterocycles. The molecule has 0 atom stereocenters. The van der Waals surface area contributed by atoms with Crippen molar-refractivity contribution in [3.63, 3.8) is 0 Å². The predicted molar refractivity (Wildman–Crippen MR) is 88.9 cm³/mol. The Kier molecular flexibility index (Phi) is 5.42. The SMILES string of the molecule is N#C/C(=C/Nc1ccccc1Cl)C(=O)Nc1cccc(Cl)c1. The lowest BCUT2D eigenvalue weighted by molar-refractivity contribution is -0.112. The van der Waals surface area contributed by atoms with E-state index < -0.39 is 5.91 Å². The molecule has 4 nitrogen and oxygen atoms in total. The minimum Gasteiger partial charge on any atom is -0.359 e. The molecule has 0 aliphatic carbocycles. The standard InChI is InChI=1S/C16H11Cl2N3O/c17-12-4-3-5-13(8-12)21-16(22)11(9-19)10-20-15-7-2-1-6-14(15)18/h1-8,10,20H,(H,21,22)/b11-10-. The summed E-state index contributed by atoms with van der Waals surface area (Å²) in [4.78, 5) is 12.0. The van der Waals surface area contributed by atoms with Crippen molar-refractivity contribution >= 4 is 40.5 Å². The number of hydrogen-bond donors (Lipinski definition) is 2. The molecule has 0 heterocycles. The minimum atomic E-state index is -0.538. The van der Waals surface area contributed by atoms with Gasteiger partial charge in [0.25, 0.3) is 5.91 Å². The van der Waals surface area contributed by atoms with Crippen molar-refractivity contribution in [1.29, 1.82) is 5.26 Å². The fourth-order valence-corrected chi connectivity index (χ4v) is 2.02. The van der Waals surface area contributed by atoms with Crippen molar-refractivity contribution in [1.82, 2.24) is 0 Å². The quantitative estimate of drug-likeness (QED) is 0.642. The second-order valence-corrected chi connectivity index (χ2v) is 5.10. The van der Waals surface area contributed by atoms with E-state index in [9.17, 15) is 4.79 Å². The largest absolute Gasteiger partial charge is 0.359 e. The van der Waals surface area contributed by atoms with E-state index in [4.69, 9.17) is 28.5 Å². The number of nitriles is 1. The first-order chi connectivity index (χ1) is 10.6. The molecule has 0 aliphatic heterocycles. The zero-order chi connectivity index (χ0) is 15.9. The van der Waals surface area contributed by atoms with E-state index in [1.807, 2.05) is 6.07 Å². The zero-order valence-corrected chi connectivity index (χ0v) is 12.8. The number of hydrogen-bond acceptors (Lipinski definition) is 3. The molecule has 0 saturated heterocycles. The van der Waals surface area contributed by atoms with Crippen molar-refractivity contribution in [2.45, 2.75) is 0 Å². The molecule has 110 valence electrons. The molecule has 2 N–H and O–H groups in total. The highest BCUT2D eigenvalue weighted by atomic mass is 35.5. The Morgan fingerprint density at radius 2 is 1.91 bits per heavy atom. The van der Waals surface area contributed by atoms with Gasteiger partial charge in [-0.05, 0) is 30.3 Å². The summed E-state index contributed by atoms with van der Waals surface area (Å²) in [5.41, 5.74) is 1.03. The maximum atomic E-state index is 12.0. The second-order valence-electron chi connectivity index (χ2n) is 4.26. The number of para-hydroxylation sites is 1. The maximum absolute atomic E-state index is 12.0. The molecule has 1 amide bonds. The van der Waals surface area contributed by atoms with E-state index >= 15 is 0 Å². The summed E-state index contributed by atoms with van der Waals surface area (Å²) in [6.07, 6.45) is 1.31. The molecule has 6 heteroatoms. The average Bonchev–Trinajstić information content (AvgIpc) is 2.49. The van der Waals surface area contributed by atoms with Crippen LogP contribution in [-0.4, -0.2) is 5.91 Å². The first-order valence-corrected chi connectivity index (χ1v) is 7.04. The normalized spacial score (nSPS) is 10.7. The molecule has 2 aromatic rings. The van der Waals surface area contributed by atoms with Gasteiger partial charge in [-0.3, -0.25) is 4.79 Å². The molecule has 2 rings (SSSR count).